The maximum Gasteiger partial charge on any atom is 0.246 e. The lowest BCUT2D eigenvalue weighted by Crippen LogP contribution is -2.50. The van der Waals surface area contributed by atoms with Gasteiger partial charge >= 0.3 is 0 Å². The third-order valence-corrected chi connectivity index (χ3v) is 6.09. The van der Waals surface area contributed by atoms with Crippen molar-refractivity contribution < 1.29 is 14.3 Å². The molecule has 1 N–H and O–H groups in total. The van der Waals surface area contributed by atoms with Gasteiger partial charge in [-0.1, -0.05) is 36.4 Å². The molecule has 3 aromatic carbocycles. The summed E-state index contributed by atoms with van der Waals surface area (Å²) in [6, 6.07) is 23.5. The molecule has 1 saturated heterocycles. The van der Waals surface area contributed by atoms with E-state index >= 15 is 0 Å². The Hall–Kier alpha value is -3.51. The Bertz CT molecular complexity index is 1060. The molecule has 1 heterocycles. The first-order valence-corrected chi connectivity index (χ1v) is 11.2. The fraction of sp³-hybridized carbons (Fsp3) is 0.296. The zero-order valence-corrected chi connectivity index (χ0v) is 19.5. The number of nitrogens with zero attached hydrogens (tertiary/aromatic N) is 2. The second-order valence-electron chi connectivity index (χ2n) is 8.23. The van der Waals surface area contributed by atoms with E-state index in [1.54, 1.807) is 14.2 Å². The van der Waals surface area contributed by atoms with Crippen molar-refractivity contribution >= 4 is 17.3 Å². The number of amides is 1. The smallest absolute Gasteiger partial charge is 0.246 e. The van der Waals surface area contributed by atoms with E-state index < -0.39 is 0 Å². The van der Waals surface area contributed by atoms with E-state index in [2.05, 4.69) is 27.2 Å². The van der Waals surface area contributed by atoms with E-state index in [1.807, 2.05) is 67.6 Å². The molecule has 33 heavy (non-hydrogen) atoms. The number of aryl methyl sites for hydroxylation is 1. The highest BCUT2D eigenvalue weighted by Gasteiger charge is 2.31. The van der Waals surface area contributed by atoms with Gasteiger partial charge < -0.3 is 19.7 Å². The molecule has 1 fully saturated rings. The van der Waals surface area contributed by atoms with Crippen LogP contribution in [0.1, 0.15) is 17.2 Å². The minimum Gasteiger partial charge on any atom is -0.497 e. The zero-order chi connectivity index (χ0) is 23.2. The van der Waals surface area contributed by atoms with Crippen molar-refractivity contribution in [2.24, 2.45) is 0 Å². The maximum absolute atomic E-state index is 13.6. The van der Waals surface area contributed by atoms with E-state index in [0.29, 0.717) is 11.4 Å². The van der Waals surface area contributed by atoms with Gasteiger partial charge in [0.2, 0.25) is 5.91 Å². The van der Waals surface area contributed by atoms with Gasteiger partial charge in [-0.05, 0) is 54.4 Å². The Morgan fingerprint density at radius 3 is 2.21 bits per heavy atom. The third-order valence-electron chi connectivity index (χ3n) is 6.09. The standard InChI is InChI=1S/C27H31N3O3/c1-20-9-14-25(33-3)24(19-20)28-27(31)26(21-7-5-4-6-8-21)30-17-15-29(16-18-30)22-10-12-23(32-2)13-11-22/h4-14,19,26H,15-18H2,1-3H3,(H,28,31). The molecule has 0 saturated carbocycles. The number of benzene rings is 3. The van der Waals surface area contributed by atoms with Gasteiger partial charge in [0.25, 0.3) is 0 Å². The molecule has 3 aromatic rings. The SMILES string of the molecule is COc1ccc(N2CCN(C(C(=O)Nc3cc(C)ccc3OC)c3ccccc3)CC2)cc1. The Morgan fingerprint density at radius 2 is 1.58 bits per heavy atom. The summed E-state index contributed by atoms with van der Waals surface area (Å²) in [6.45, 7) is 5.25. The van der Waals surface area contributed by atoms with Crippen molar-refractivity contribution in [2.45, 2.75) is 13.0 Å². The molecule has 0 aromatic heterocycles. The first kappa shape index (κ1) is 22.7. The van der Waals surface area contributed by atoms with Crippen LogP contribution >= 0.6 is 0 Å². The van der Waals surface area contributed by atoms with Crippen molar-refractivity contribution in [1.82, 2.24) is 4.90 Å². The number of hydrogen-bond acceptors (Lipinski definition) is 5. The highest BCUT2D eigenvalue weighted by atomic mass is 16.5. The predicted molar refractivity (Wildman–Crippen MR) is 132 cm³/mol. The summed E-state index contributed by atoms with van der Waals surface area (Å²) in [6.07, 6.45) is 0. The topological polar surface area (TPSA) is 54.0 Å². The summed E-state index contributed by atoms with van der Waals surface area (Å²) in [4.78, 5) is 18.2. The van der Waals surface area contributed by atoms with Gasteiger partial charge in [0.05, 0.1) is 19.9 Å². The average Bonchev–Trinajstić information content (AvgIpc) is 2.85. The molecule has 1 amide bonds. The van der Waals surface area contributed by atoms with Crippen LogP contribution in [-0.2, 0) is 4.79 Å². The molecule has 0 aliphatic carbocycles. The van der Waals surface area contributed by atoms with E-state index in [4.69, 9.17) is 9.47 Å². The van der Waals surface area contributed by atoms with Crippen molar-refractivity contribution in [3.63, 3.8) is 0 Å². The van der Waals surface area contributed by atoms with Crippen LogP contribution in [0.2, 0.25) is 0 Å². The number of hydrogen-bond donors (Lipinski definition) is 1. The maximum atomic E-state index is 13.6. The van der Waals surface area contributed by atoms with Gasteiger partial charge in [0, 0.05) is 31.9 Å². The predicted octanol–water partition coefficient (Wildman–Crippen LogP) is 4.51. The van der Waals surface area contributed by atoms with Crippen LogP contribution < -0.4 is 19.7 Å². The number of methoxy groups -OCH3 is 2. The van der Waals surface area contributed by atoms with E-state index in [0.717, 1.165) is 43.1 Å². The molecule has 6 heteroatoms. The molecule has 172 valence electrons. The molecule has 1 aliphatic rings. The molecule has 6 nitrogen and oxygen atoms in total. The number of carbonyl (C=O) groups is 1. The van der Waals surface area contributed by atoms with Crippen LogP contribution in [0, 0.1) is 6.92 Å². The second-order valence-corrected chi connectivity index (χ2v) is 8.23. The van der Waals surface area contributed by atoms with E-state index in [9.17, 15) is 4.79 Å². The first-order chi connectivity index (χ1) is 16.1. The normalized spacial score (nSPS) is 15.1. The van der Waals surface area contributed by atoms with Gasteiger partial charge in [-0.15, -0.1) is 0 Å². The second kappa shape index (κ2) is 10.4. The van der Waals surface area contributed by atoms with Gasteiger partial charge in [0.1, 0.15) is 17.5 Å². The van der Waals surface area contributed by atoms with E-state index in [1.165, 1.54) is 5.69 Å². The number of carbonyl (C=O) groups excluding carboxylic acids is 1. The number of anilines is 2. The first-order valence-electron chi connectivity index (χ1n) is 11.2. The van der Waals surface area contributed by atoms with E-state index in [-0.39, 0.29) is 11.9 Å². The van der Waals surface area contributed by atoms with Crippen molar-refractivity contribution in [1.29, 1.82) is 0 Å². The summed E-state index contributed by atoms with van der Waals surface area (Å²) < 4.78 is 10.7. The lowest BCUT2D eigenvalue weighted by Gasteiger charge is -2.39. The van der Waals surface area contributed by atoms with Crippen molar-refractivity contribution in [3.05, 3.63) is 83.9 Å². The number of rotatable bonds is 7. The van der Waals surface area contributed by atoms with Crippen LogP contribution in [0.5, 0.6) is 11.5 Å². The van der Waals surface area contributed by atoms with Crippen LogP contribution in [0.25, 0.3) is 0 Å². The highest BCUT2D eigenvalue weighted by molar-refractivity contribution is 5.97. The summed E-state index contributed by atoms with van der Waals surface area (Å²) >= 11 is 0. The molecular weight excluding hydrogens is 414 g/mol. The number of piperazine rings is 1. The Morgan fingerprint density at radius 1 is 0.879 bits per heavy atom. The molecule has 0 spiro atoms. The molecule has 1 aliphatic heterocycles. The fourth-order valence-corrected chi connectivity index (χ4v) is 4.32. The average molecular weight is 446 g/mol. The molecule has 0 bridgehead atoms. The summed E-state index contributed by atoms with van der Waals surface area (Å²) in [5.74, 6) is 1.46. The summed E-state index contributed by atoms with van der Waals surface area (Å²) in [7, 11) is 3.29. The van der Waals surface area contributed by atoms with Gasteiger partial charge in [-0.2, -0.15) is 0 Å². The third kappa shape index (κ3) is 5.29. The van der Waals surface area contributed by atoms with Crippen molar-refractivity contribution in [3.8, 4) is 11.5 Å². The van der Waals surface area contributed by atoms with Gasteiger partial charge in [-0.3, -0.25) is 9.69 Å². The van der Waals surface area contributed by atoms with Crippen LogP contribution in [0.4, 0.5) is 11.4 Å². The van der Waals surface area contributed by atoms with Crippen LogP contribution in [0.3, 0.4) is 0 Å². The van der Waals surface area contributed by atoms with Gasteiger partial charge in [0.15, 0.2) is 0 Å². The molecule has 0 radical (unpaired) electrons. The number of nitrogens with one attached hydrogen (secondary N) is 1. The van der Waals surface area contributed by atoms with Gasteiger partial charge in [-0.25, -0.2) is 0 Å². The van der Waals surface area contributed by atoms with Crippen LogP contribution in [0.15, 0.2) is 72.8 Å². The highest BCUT2D eigenvalue weighted by Crippen LogP contribution is 2.30. The quantitative estimate of drug-likeness (QED) is 0.580. The Labute approximate surface area is 195 Å². The monoisotopic (exact) mass is 445 g/mol. The molecule has 1 unspecified atom stereocenters. The zero-order valence-electron chi connectivity index (χ0n) is 19.5. The lowest BCUT2D eigenvalue weighted by atomic mass is 10.0. The minimum atomic E-state index is -0.380. The Balaban J connectivity index is 1.52. The minimum absolute atomic E-state index is 0.0528. The molecule has 4 rings (SSSR count). The molecular formula is C27H31N3O3. The summed E-state index contributed by atoms with van der Waals surface area (Å²) in [5, 5.41) is 3.12. The van der Waals surface area contributed by atoms with Crippen molar-refractivity contribution in [2.75, 3.05) is 50.6 Å². The lowest BCUT2D eigenvalue weighted by molar-refractivity contribution is -0.121. The largest absolute Gasteiger partial charge is 0.497 e. The molecule has 1 atom stereocenters. The Kier molecular flexibility index (Phi) is 7.15. The summed E-state index contributed by atoms with van der Waals surface area (Å²) in [5.41, 5.74) is 3.91. The number of ether oxygens (including phenoxy) is 2. The fourth-order valence-electron chi connectivity index (χ4n) is 4.32. The van der Waals surface area contributed by atoms with Crippen LogP contribution in [-0.4, -0.2) is 51.2 Å².